The highest BCUT2D eigenvalue weighted by Gasteiger charge is 2.08. The first-order valence-electron chi connectivity index (χ1n) is 6.22. The maximum Gasteiger partial charge on any atom is 0.412 e. The van der Waals surface area contributed by atoms with Crippen molar-refractivity contribution in [1.29, 1.82) is 0 Å². The number of carbonyl (C=O) groups is 1. The van der Waals surface area contributed by atoms with E-state index in [9.17, 15) is 4.79 Å². The molecule has 0 unspecified atom stereocenters. The number of hydrogen-bond acceptors (Lipinski definition) is 2. The summed E-state index contributed by atoms with van der Waals surface area (Å²) in [5.74, 6) is 0.632. The van der Waals surface area contributed by atoms with Gasteiger partial charge in [0.05, 0.1) is 0 Å². The van der Waals surface area contributed by atoms with Crippen LogP contribution in [0.5, 0.6) is 5.75 Å². The molecule has 0 aliphatic heterocycles. The van der Waals surface area contributed by atoms with Crippen molar-refractivity contribution in [3.05, 3.63) is 65.2 Å². The minimum absolute atomic E-state index is 0.429. The minimum Gasteiger partial charge on any atom is -0.410 e. The van der Waals surface area contributed by atoms with Crippen molar-refractivity contribution in [2.75, 3.05) is 0 Å². The van der Waals surface area contributed by atoms with Crippen LogP contribution in [0.15, 0.2) is 48.5 Å². The molecule has 0 aromatic heterocycles. The molecule has 0 aliphatic carbocycles. The minimum atomic E-state index is -0.429. The fourth-order valence-corrected chi connectivity index (χ4v) is 1.86. The van der Waals surface area contributed by atoms with Gasteiger partial charge in [-0.05, 0) is 30.5 Å². The van der Waals surface area contributed by atoms with Crippen LogP contribution in [0.3, 0.4) is 0 Å². The summed E-state index contributed by atoms with van der Waals surface area (Å²) in [7, 11) is 0. The molecule has 2 aromatic rings. The van der Waals surface area contributed by atoms with Gasteiger partial charge in [0.1, 0.15) is 5.75 Å². The molecule has 2 aromatic carbocycles. The van der Waals surface area contributed by atoms with Gasteiger partial charge in [-0.3, -0.25) is 0 Å². The van der Waals surface area contributed by atoms with Gasteiger partial charge >= 0.3 is 6.09 Å². The molecule has 3 nitrogen and oxygen atoms in total. The topological polar surface area (TPSA) is 38.3 Å². The van der Waals surface area contributed by atoms with Gasteiger partial charge in [-0.2, -0.15) is 0 Å². The molecule has 0 bridgehead atoms. The summed E-state index contributed by atoms with van der Waals surface area (Å²) in [5, 5.41) is 2.74. The molecular formula is C16H17NO2. The normalized spacial score (nSPS) is 10.0. The summed E-state index contributed by atoms with van der Waals surface area (Å²) in [4.78, 5) is 11.8. The second kappa shape index (κ2) is 6.05. The Hall–Kier alpha value is -2.29. The third-order valence-corrected chi connectivity index (χ3v) is 2.88. The van der Waals surface area contributed by atoms with E-state index < -0.39 is 6.09 Å². The van der Waals surface area contributed by atoms with Crippen molar-refractivity contribution >= 4 is 6.09 Å². The van der Waals surface area contributed by atoms with Gasteiger partial charge in [-0.25, -0.2) is 4.79 Å². The SMILES string of the molecule is Cc1cccc(C)c1OC(=O)NCc1ccccc1. The lowest BCUT2D eigenvalue weighted by Crippen LogP contribution is -2.26. The van der Waals surface area contributed by atoms with Gasteiger partial charge in [-0.15, -0.1) is 0 Å². The molecule has 0 fully saturated rings. The number of nitrogens with one attached hydrogen (secondary N) is 1. The number of benzene rings is 2. The van der Waals surface area contributed by atoms with E-state index in [1.807, 2.05) is 62.4 Å². The first-order chi connectivity index (χ1) is 9.16. The Morgan fingerprint density at radius 1 is 1.00 bits per heavy atom. The first kappa shape index (κ1) is 13.1. The number of rotatable bonds is 3. The van der Waals surface area contributed by atoms with E-state index in [4.69, 9.17) is 4.74 Å². The average Bonchev–Trinajstić information content (AvgIpc) is 2.42. The van der Waals surface area contributed by atoms with Crippen molar-refractivity contribution in [1.82, 2.24) is 5.32 Å². The van der Waals surface area contributed by atoms with E-state index in [0.717, 1.165) is 16.7 Å². The summed E-state index contributed by atoms with van der Waals surface area (Å²) in [6.45, 7) is 4.31. The molecule has 0 spiro atoms. The Bertz CT molecular complexity index is 544. The lowest BCUT2D eigenvalue weighted by molar-refractivity contribution is 0.199. The molecule has 0 atom stereocenters. The highest BCUT2D eigenvalue weighted by atomic mass is 16.6. The molecule has 0 aliphatic rings. The molecule has 98 valence electrons. The van der Waals surface area contributed by atoms with Crippen molar-refractivity contribution < 1.29 is 9.53 Å². The molecule has 0 radical (unpaired) electrons. The van der Waals surface area contributed by atoms with Crippen LogP contribution in [0.4, 0.5) is 4.79 Å². The molecule has 3 heteroatoms. The highest BCUT2D eigenvalue weighted by molar-refractivity contribution is 5.71. The van der Waals surface area contributed by atoms with Crippen LogP contribution in [0.2, 0.25) is 0 Å². The second-order valence-electron chi connectivity index (χ2n) is 4.45. The van der Waals surface area contributed by atoms with Crippen LogP contribution in [-0.4, -0.2) is 6.09 Å². The monoisotopic (exact) mass is 255 g/mol. The van der Waals surface area contributed by atoms with E-state index in [2.05, 4.69) is 5.32 Å². The number of para-hydroxylation sites is 1. The first-order valence-corrected chi connectivity index (χ1v) is 6.22. The zero-order valence-corrected chi connectivity index (χ0v) is 11.1. The number of aryl methyl sites for hydroxylation is 2. The van der Waals surface area contributed by atoms with Gasteiger partial charge in [-0.1, -0.05) is 48.5 Å². The lowest BCUT2D eigenvalue weighted by Gasteiger charge is -2.11. The molecule has 19 heavy (non-hydrogen) atoms. The fourth-order valence-electron chi connectivity index (χ4n) is 1.86. The predicted molar refractivity (Wildman–Crippen MR) is 75.2 cm³/mol. The summed E-state index contributed by atoms with van der Waals surface area (Å²) in [5.41, 5.74) is 2.95. The molecule has 1 amide bonds. The summed E-state index contributed by atoms with van der Waals surface area (Å²) < 4.78 is 5.35. The quantitative estimate of drug-likeness (QED) is 0.910. The number of amides is 1. The van der Waals surface area contributed by atoms with Crippen molar-refractivity contribution in [3.8, 4) is 5.75 Å². The van der Waals surface area contributed by atoms with E-state index in [1.54, 1.807) is 0 Å². The zero-order valence-electron chi connectivity index (χ0n) is 11.1. The molecule has 0 saturated heterocycles. The fraction of sp³-hybridized carbons (Fsp3) is 0.188. The van der Waals surface area contributed by atoms with Gasteiger partial charge in [0.15, 0.2) is 0 Å². The van der Waals surface area contributed by atoms with Gasteiger partial charge in [0, 0.05) is 6.54 Å². The standard InChI is InChI=1S/C16H17NO2/c1-12-7-6-8-13(2)15(12)19-16(18)17-11-14-9-4-3-5-10-14/h3-10H,11H2,1-2H3,(H,17,18). The van der Waals surface area contributed by atoms with Crippen LogP contribution in [0, 0.1) is 13.8 Å². The summed E-state index contributed by atoms with van der Waals surface area (Å²) in [6.07, 6.45) is -0.429. The Morgan fingerprint density at radius 3 is 2.26 bits per heavy atom. The largest absolute Gasteiger partial charge is 0.412 e. The highest BCUT2D eigenvalue weighted by Crippen LogP contribution is 2.22. The average molecular weight is 255 g/mol. The lowest BCUT2D eigenvalue weighted by atomic mass is 10.1. The van der Waals surface area contributed by atoms with Gasteiger partial charge in [0.2, 0.25) is 0 Å². The van der Waals surface area contributed by atoms with Crippen LogP contribution >= 0.6 is 0 Å². The third-order valence-electron chi connectivity index (χ3n) is 2.88. The second-order valence-corrected chi connectivity index (χ2v) is 4.45. The van der Waals surface area contributed by atoms with E-state index in [-0.39, 0.29) is 0 Å². The van der Waals surface area contributed by atoms with Crippen LogP contribution in [-0.2, 0) is 6.54 Å². The van der Waals surface area contributed by atoms with Crippen molar-refractivity contribution in [3.63, 3.8) is 0 Å². The molecule has 2 rings (SSSR count). The predicted octanol–water partition coefficient (Wildman–Crippen LogP) is 3.59. The smallest absolute Gasteiger partial charge is 0.410 e. The number of carbonyl (C=O) groups excluding carboxylic acids is 1. The van der Waals surface area contributed by atoms with Crippen LogP contribution in [0.1, 0.15) is 16.7 Å². The Labute approximate surface area is 113 Å². The van der Waals surface area contributed by atoms with E-state index in [1.165, 1.54) is 0 Å². The van der Waals surface area contributed by atoms with Gasteiger partial charge in [0.25, 0.3) is 0 Å². The molecule has 0 saturated carbocycles. The molecule has 0 heterocycles. The summed E-state index contributed by atoms with van der Waals surface area (Å²) >= 11 is 0. The summed E-state index contributed by atoms with van der Waals surface area (Å²) in [6, 6.07) is 15.5. The van der Waals surface area contributed by atoms with E-state index >= 15 is 0 Å². The maximum atomic E-state index is 11.8. The Morgan fingerprint density at radius 2 is 1.63 bits per heavy atom. The zero-order chi connectivity index (χ0) is 13.7. The van der Waals surface area contributed by atoms with E-state index in [0.29, 0.717) is 12.3 Å². The van der Waals surface area contributed by atoms with Crippen LogP contribution < -0.4 is 10.1 Å². The molecular weight excluding hydrogens is 238 g/mol. The van der Waals surface area contributed by atoms with Crippen molar-refractivity contribution in [2.24, 2.45) is 0 Å². The maximum absolute atomic E-state index is 11.8. The number of hydrogen-bond donors (Lipinski definition) is 1. The van der Waals surface area contributed by atoms with Gasteiger partial charge < -0.3 is 10.1 Å². The third kappa shape index (κ3) is 3.58. The molecule has 1 N–H and O–H groups in total. The Kier molecular flexibility index (Phi) is 4.18. The number of ether oxygens (including phenoxy) is 1. The van der Waals surface area contributed by atoms with Crippen molar-refractivity contribution in [2.45, 2.75) is 20.4 Å². The van der Waals surface area contributed by atoms with Crippen LogP contribution in [0.25, 0.3) is 0 Å². The Balaban J connectivity index is 1.95.